The van der Waals surface area contributed by atoms with E-state index in [0.29, 0.717) is 0 Å². The van der Waals surface area contributed by atoms with Crippen LogP contribution in [0.15, 0.2) is 109 Å². The maximum atomic E-state index is 15.4. The summed E-state index contributed by atoms with van der Waals surface area (Å²) in [6, 6.07) is 32.6. The topological polar surface area (TPSA) is 47.3 Å². The number of fused-ring (bicyclic) bond motifs is 11. The molecule has 8 rings (SSSR count). The summed E-state index contributed by atoms with van der Waals surface area (Å²) in [5.41, 5.74) is 5.75. The number of nitrogens with zero attached hydrogens (tertiary/aromatic N) is 3. The first-order chi connectivity index (χ1) is 17.3. The van der Waals surface area contributed by atoms with Gasteiger partial charge in [-0.3, -0.25) is 9.38 Å². The maximum Gasteiger partial charge on any atom is 0.174 e. The molecule has 5 heteroatoms. The van der Waals surface area contributed by atoms with E-state index < -0.39 is 7.14 Å². The van der Waals surface area contributed by atoms with Crippen LogP contribution in [0.25, 0.3) is 49.5 Å². The van der Waals surface area contributed by atoms with Crippen LogP contribution in [0.1, 0.15) is 0 Å². The van der Waals surface area contributed by atoms with E-state index in [9.17, 15) is 0 Å². The molecule has 3 aromatic heterocycles. The van der Waals surface area contributed by atoms with Crippen molar-refractivity contribution in [1.82, 2.24) is 14.4 Å². The molecule has 0 fully saturated rings. The lowest BCUT2D eigenvalue weighted by Crippen LogP contribution is -2.22. The van der Waals surface area contributed by atoms with Gasteiger partial charge in [0.2, 0.25) is 0 Å². The zero-order chi connectivity index (χ0) is 23.1. The Kier molecular flexibility index (Phi) is 3.63. The molecule has 0 aliphatic carbocycles. The van der Waals surface area contributed by atoms with Crippen molar-refractivity contribution in [1.29, 1.82) is 0 Å². The zero-order valence-electron chi connectivity index (χ0n) is 18.6. The summed E-state index contributed by atoms with van der Waals surface area (Å²) in [6.45, 7) is 0. The first kappa shape index (κ1) is 19.1. The minimum absolute atomic E-state index is 0.832. The van der Waals surface area contributed by atoms with Gasteiger partial charge in [0.1, 0.15) is 5.65 Å². The normalized spacial score (nSPS) is 14.1. The molecule has 0 N–H and O–H groups in total. The second kappa shape index (κ2) is 6.65. The molecule has 1 aliphatic heterocycles. The van der Waals surface area contributed by atoms with Crippen molar-refractivity contribution in [2.45, 2.75) is 0 Å². The van der Waals surface area contributed by atoms with Crippen LogP contribution in [0.3, 0.4) is 0 Å². The number of rotatable bonds is 1. The molecule has 0 saturated heterocycles. The molecule has 0 bridgehead atoms. The van der Waals surface area contributed by atoms with Crippen molar-refractivity contribution in [3.63, 3.8) is 0 Å². The lowest BCUT2D eigenvalue weighted by molar-refractivity contribution is 0.593. The number of hydrogen-bond acceptors (Lipinski definition) is 3. The highest BCUT2D eigenvalue weighted by Gasteiger charge is 2.41. The van der Waals surface area contributed by atoms with E-state index in [1.807, 2.05) is 85.2 Å². The van der Waals surface area contributed by atoms with Gasteiger partial charge < -0.3 is 4.57 Å². The highest BCUT2D eigenvalue weighted by Crippen LogP contribution is 2.53. The fraction of sp³-hybridized carbons (Fsp3) is 0. The summed E-state index contributed by atoms with van der Waals surface area (Å²) < 4.78 is 17.6. The average Bonchev–Trinajstić information content (AvgIpc) is 3.44. The van der Waals surface area contributed by atoms with Gasteiger partial charge in [0, 0.05) is 44.5 Å². The molecular weight excluding hydrogens is 449 g/mol. The number of para-hydroxylation sites is 2. The van der Waals surface area contributed by atoms with E-state index in [1.54, 1.807) is 0 Å². The largest absolute Gasteiger partial charge is 0.309 e. The van der Waals surface area contributed by atoms with E-state index >= 15 is 4.57 Å². The Morgan fingerprint density at radius 2 is 1.31 bits per heavy atom. The third-order valence-corrected chi connectivity index (χ3v) is 10.4. The summed E-state index contributed by atoms with van der Waals surface area (Å²) in [5, 5.41) is 5.83. The fourth-order valence-electron chi connectivity index (χ4n) is 5.82. The van der Waals surface area contributed by atoms with Crippen LogP contribution in [0, 0.1) is 0 Å². The van der Waals surface area contributed by atoms with Gasteiger partial charge in [-0.05, 0) is 35.4 Å². The maximum absolute atomic E-state index is 15.4. The highest BCUT2D eigenvalue weighted by atomic mass is 31.2. The minimum atomic E-state index is -3.13. The van der Waals surface area contributed by atoms with Gasteiger partial charge in [0.05, 0.1) is 16.6 Å². The monoisotopic (exact) mass is 467 g/mol. The molecule has 4 heterocycles. The lowest BCUT2D eigenvalue weighted by atomic mass is 10.1. The molecule has 0 atom stereocenters. The van der Waals surface area contributed by atoms with Crippen LogP contribution < -0.4 is 15.9 Å². The predicted molar refractivity (Wildman–Crippen MR) is 144 cm³/mol. The SMILES string of the molecule is O=P1(c2cccc3nc4c5ccncc5c5ccccc5n4c23)c2ccccc2-c2ccccc21. The van der Waals surface area contributed by atoms with E-state index in [2.05, 4.69) is 33.7 Å². The molecule has 0 amide bonds. The van der Waals surface area contributed by atoms with E-state index in [4.69, 9.17) is 4.98 Å². The van der Waals surface area contributed by atoms with Gasteiger partial charge in [-0.1, -0.05) is 72.8 Å². The Hall–Kier alpha value is -4.27. The third-order valence-electron chi connectivity index (χ3n) is 7.27. The van der Waals surface area contributed by atoms with Gasteiger partial charge in [0.15, 0.2) is 7.14 Å². The number of pyridine rings is 2. The smallest absolute Gasteiger partial charge is 0.174 e. The van der Waals surface area contributed by atoms with Crippen molar-refractivity contribution >= 4 is 61.4 Å². The Bertz CT molecular complexity index is 2010. The number of aromatic nitrogens is 3. The van der Waals surface area contributed by atoms with Crippen molar-refractivity contribution < 1.29 is 4.57 Å². The van der Waals surface area contributed by atoms with E-state index in [0.717, 1.165) is 65.4 Å². The van der Waals surface area contributed by atoms with Gasteiger partial charge >= 0.3 is 0 Å². The third kappa shape index (κ3) is 2.30. The van der Waals surface area contributed by atoms with Crippen molar-refractivity contribution in [3.05, 3.63) is 109 Å². The summed E-state index contributed by atoms with van der Waals surface area (Å²) >= 11 is 0. The Labute approximate surface area is 200 Å². The van der Waals surface area contributed by atoms with Gasteiger partial charge in [-0.15, -0.1) is 0 Å². The number of benzene rings is 4. The highest BCUT2D eigenvalue weighted by molar-refractivity contribution is 7.86. The molecule has 0 saturated carbocycles. The van der Waals surface area contributed by atoms with Crippen molar-refractivity contribution in [2.75, 3.05) is 0 Å². The Morgan fingerprint density at radius 3 is 2.11 bits per heavy atom. The summed E-state index contributed by atoms with van der Waals surface area (Å²) in [6.07, 6.45) is 3.71. The van der Waals surface area contributed by atoms with Crippen LogP contribution in [0.4, 0.5) is 0 Å². The molecule has 0 spiro atoms. The molecule has 7 aromatic rings. The average molecular weight is 467 g/mol. The minimum Gasteiger partial charge on any atom is -0.309 e. The molecule has 0 radical (unpaired) electrons. The standard InChI is InChI=1S/C30H18N3OP/c34-35(26-13-5-2-9-20(26)21-10-3-6-14-27(21)35)28-15-7-11-24-29(28)33-25-12-4-1-8-19(25)23-18-31-17-16-22(23)30(33)32-24/h1-18H. The number of imidazole rings is 1. The Balaban J connectivity index is 1.62. The number of hydrogen-bond donors (Lipinski definition) is 0. The second-order valence-corrected chi connectivity index (χ2v) is 11.7. The van der Waals surface area contributed by atoms with Crippen LogP contribution >= 0.6 is 7.14 Å². The summed E-state index contributed by atoms with van der Waals surface area (Å²) in [4.78, 5) is 9.47. The van der Waals surface area contributed by atoms with E-state index in [1.165, 1.54) is 0 Å². The van der Waals surface area contributed by atoms with Crippen molar-refractivity contribution in [2.24, 2.45) is 0 Å². The van der Waals surface area contributed by atoms with Crippen LogP contribution in [-0.4, -0.2) is 14.4 Å². The van der Waals surface area contributed by atoms with Crippen molar-refractivity contribution in [3.8, 4) is 11.1 Å². The van der Waals surface area contributed by atoms with Gasteiger partial charge in [0.25, 0.3) is 0 Å². The van der Waals surface area contributed by atoms with Gasteiger partial charge in [-0.25, -0.2) is 4.98 Å². The molecule has 0 unspecified atom stereocenters. The van der Waals surface area contributed by atoms with Gasteiger partial charge in [-0.2, -0.15) is 0 Å². The molecule has 35 heavy (non-hydrogen) atoms. The fourth-order valence-corrected chi connectivity index (χ4v) is 9.07. The first-order valence-electron chi connectivity index (χ1n) is 11.6. The zero-order valence-corrected chi connectivity index (χ0v) is 19.5. The second-order valence-electron chi connectivity index (χ2n) is 9.00. The lowest BCUT2D eigenvalue weighted by Gasteiger charge is -2.18. The quantitative estimate of drug-likeness (QED) is 0.226. The van der Waals surface area contributed by atoms with E-state index in [-0.39, 0.29) is 0 Å². The molecule has 1 aliphatic rings. The van der Waals surface area contributed by atoms with Crippen LogP contribution in [0.2, 0.25) is 0 Å². The Morgan fingerprint density at radius 1 is 0.629 bits per heavy atom. The molecule has 4 nitrogen and oxygen atoms in total. The summed E-state index contributed by atoms with van der Waals surface area (Å²) in [5.74, 6) is 0. The predicted octanol–water partition coefficient (Wildman–Crippen LogP) is 5.81. The molecule has 4 aromatic carbocycles. The first-order valence-corrected chi connectivity index (χ1v) is 13.3. The van der Waals surface area contributed by atoms with Crippen LogP contribution in [-0.2, 0) is 4.57 Å². The summed E-state index contributed by atoms with van der Waals surface area (Å²) in [7, 11) is -3.13. The molecule has 164 valence electrons. The molecular formula is C30H18N3OP. The van der Waals surface area contributed by atoms with Crippen LogP contribution in [0.5, 0.6) is 0 Å².